The molecule has 0 unspecified atom stereocenters. The highest BCUT2D eigenvalue weighted by Gasteiger charge is 2.32. The SMILES string of the molecule is COc1cc(C(=O)NCCCCOc2ccc(Cl)cc2)c([N+](=O)[O-])c(OC)c1OC. The van der Waals surface area contributed by atoms with Crippen molar-refractivity contribution in [3.05, 3.63) is 51.0 Å². The van der Waals surface area contributed by atoms with Crippen LogP contribution in [0, 0.1) is 10.1 Å². The number of hydrogen-bond donors (Lipinski definition) is 1. The first-order valence-electron chi connectivity index (χ1n) is 9.06. The van der Waals surface area contributed by atoms with Crippen LogP contribution < -0.4 is 24.3 Å². The number of halogens is 1. The van der Waals surface area contributed by atoms with Crippen molar-refractivity contribution in [3.63, 3.8) is 0 Å². The maximum atomic E-state index is 12.6. The van der Waals surface area contributed by atoms with E-state index in [4.69, 9.17) is 30.5 Å². The van der Waals surface area contributed by atoms with Crippen LogP contribution >= 0.6 is 11.6 Å². The van der Waals surface area contributed by atoms with E-state index in [1.165, 1.54) is 27.4 Å². The molecule has 2 aromatic carbocycles. The number of hydrogen-bond acceptors (Lipinski definition) is 7. The minimum atomic E-state index is -0.685. The smallest absolute Gasteiger partial charge is 0.327 e. The quantitative estimate of drug-likeness (QED) is 0.322. The number of nitro benzene ring substituents is 1. The van der Waals surface area contributed by atoms with Crippen LogP contribution in [0.1, 0.15) is 23.2 Å². The van der Waals surface area contributed by atoms with Gasteiger partial charge >= 0.3 is 5.69 Å². The summed E-state index contributed by atoms with van der Waals surface area (Å²) >= 11 is 5.82. The number of ether oxygens (including phenoxy) is 4. The number of benzene rings is 2. The van der Waals surface area contributed by atoms with Gasteiger partial charge in [-0.2, -0.15) is 0 Å². The molecule has 10 heteroatoms. The summed E-state index contributed by atoms with van der Waals surface area (Å²) in [6.45, 7) is 0.776. The zero-order chi connectivity index (χ0) is 22.1. The Morgan fingerprint density at radius 2 is 1.73 bits per heavy atom. The zero-order valence-corrected chi connectivity index (χ0v) is 17.7. The van der Waals surface area contributed by atoms with Gasteiger partial charge in [0, 0.05) is 17.6 Å². The number of nitrogens with zero attached hydrogens (tertiary/aromatic N) is 1. The summed E-state index contributed by atoms with van der Waals surface area (Å²) in [5.41, 5.74) is -0.661. The molecule has 9 nitrogen and oxygen atoms in total. The standard InChI is InChI=1S/C20H23ClN2O7/c1-27-16-12-15(17(23(25)26)19(29-3)18(16)28-2)20(24)22-10-4-5-11-30-14-8-6-13(21)7-9-14/h6-9,12H,4-5,10-11H2,1-3H3,(H,22,24). The Bertz CT molecular complexity index is 888. The van der Waals surface area contributed by atoms with Gasteiger partial charge in [-0.05, 0) is 37.1 Å². The number of carbonyl (C=O) groups excluding carboxylic acids is 1. The molecule has 2 rings (SSSR count). The molecule has 1 N–H and O–H groups in total. The lowest BCUT2D eigenvalue weighted by Crippen LogP contribution is -2.26. The molecule has 0 aromatic heterocycles. The van der Waals surface area contributed by atoms with Crippen molar-refractivity contribution in [3.8, 4) is 23.0 Å². The lowest BCUT2D eigenvalue weighted by molar-refractivity contribution is -0.386. The first-order valence-corrected chi connectivity index (χ1v) is 9.44. The number of nitro groups is 1. The first kappa shape index (κ1) is 23.1. The van der Waals surface area contributed by atoms with E-state index in [0.29, 0.717) is 36.8 Å². The number of unbranched alkanes of at least 4 members (excludes halogenated alkanes) is 1. The van der Waals surface area contributed by atoms with Gasteiger partial charge in [0.15, 0.2) is 5.75 Å². The number of carbonyl (C=O) groups is 1. The van der Waals surface area contributed by atoms with E-state index in [-0.39, 0.29) is 22.8 Å². The van der Waals surface area contributed by atoms with Crippen molar-refractivity contribution in [2.75, 3.05) is 34.5 Å². The fraction of sp³-hybridized carbons (Fsp3) is 0.350. The average molecular weight is 439 g/mol. The molecule has 0 aliphatic rings. The van der Waals surface area contributed by atoms with Gasteiger partial charge in [-0.3, -0.25) is 14.9 Å². The summed E-state index contributed by atoms with van der Waals surface area (Å²) in [6.07, 6.45) is 1.30. The predicted molar refractivity (Wildman–Crippen MR) is 111 cm³/mol. The zero-order valence-electron chi connectivity index (χ0n) is 16.9. The molecule has 0 saturated carbocycles. The second-order valence-electron chi connectivity index (χ2n) is 6.06. The molecule has 0 saturated heterocycles. The van der Waals surface area contributed by atoms with E-state index in [2.05, 4.69) is 5.32 Å². The minimum absolute atomic E-state index is 0.0441. The molecule has 0 bridgehead atoms. The number of rotatable bonds is 11. The summed E-state index contributed by atoms with van der Waals surface area (Å²) in [4.78, 5) is 23.5. The second-order valence-corrected chi connectivity index (χ2v) is 6.50. The molecule has 162 valence electrons. The van der Waals surface area contributed by atoms with Gasteiger partial charge in [-0.25, -0.2) is 0 Å². The summed E-state index contributed by atoms with van der Waals surface area (Å²) in [5.74, 6) is 0.114. The highest BCUT2D eigenvalue weighted by Crippen LogP contribution is 2.46. The lowest BCUT2D eigenvalue weighted by atomic mass is 10.1. The number of methoxy groups -OCH3 is 3. The van der Waals surface area contributed by atoms with Crippen molar-refractivity contribution in [2.24, 2.45) is 0 Å². The Kier molecular flexibility index (Phi) is 8.54. The third-order valence-electron chi connectivity index (χ3n) is 4.17. The lowest BCUT2D eigenvalue weighted by Gasteiger charge is -2.15. The minimum Gasteiger partial charge on any atom is -0.494 e. The summed E-state index contributed by atoms with van der Waals surface area (Å²) in [5, 5.41) is 14.9. The molecule has 0 aliphatic heterocycles. The molecule has 0 heterocycles. The Labute approximate surface area is 179 Å². The van der Waals surface area contributed by atoms with Gasteiger partial charge in [-0.1, -0.05) is 11.6 Å². The third kappa shape index (κ3) is 5.66. The normalized spacial score (nSPS) is 10.3. The monoisotopic (exact) mass is 438 g/mol. The molecule has 1 amide bonds. The Morgan fingerprint density at radius 1 is 1.07 bits per heavy atom. The van der Waals surface area contributed by atoms with Crippen LogP contribution in [0.3, 0.4) is 0 Å². The molecule has 0 spiro atoms. The Balaban J connectivity index is 1.98. The van der Waals surface area contributed by atoms with Crippen LogP contribution in [0.4, 0.5) is 5.69 Å². The van der Waals surface area contributed by atoms with Crippen LogP contribution in [0.25, 0.3) is 0 Å². The maximum absolute atomic E-state index is 12.6. The Morgan fingerprint density at radius 3 is 2.30 bits per heavy atom. The highest BCUT2D eigenvalue weighted by molar-refractivity contribution is 6.30. The first-order chi connectivity index (χ1) is 14.4. The average Bonchev–Trinajstić information content (AvgIpc) is 2.75. The van der Waals surface area contributed by atoms with E-state index in [1.54, 1.807) is 24.3 Å². The fourth-order valence-corrected chi connectivity index (χ4v) is 2.87. The van der Waals surface area contributed by atoms with E-state index >= 15 is 0 Å². The van der Waals surface area contributed by atoms with Gasteiger partial charge in [-0.15, -0.1) is 0 Å². The van der Waals surface area contributed by atoms with Gasteiger partial charge in [0.05, 0.1) is 32.9 Å². The van der Waals surface area contributed by atoms with Crippen molar-refractivity contribution >= 4 is 23.2 Å². The summed E-state index contributed by atoms with van der Waals surface area (Å²) < 4.78 is 21.0. The molecule has 30 heavy (non-hydrogen) atoms. The summed E-state index contributed by atoms with van der Waals surface area (Å²) in [7, 11) is 3.95. The fourth-order valence-electron chi connectivity index (χ4n) is 2.74. The second kappa shape index (κ2) is 11.1. The van der Waals surface area contributed by atoms with Crippen LogP contribution in [0.2, 0.25) is 5.02 Å². The molecule has 0 aliphatic carbocycles. The van der Waals surface area contributed by atoms with Crippen molar-refractivity contribution in [1.82, 2.24) is 5.32 Å². The van der Waals surface area contributed by atoms with Gasteiger partial charge in [0.25, 0.3) is 5.91 Å². The van der Waals surface area contributed by atoms with Crippen LogP contribution in [-0.4, -0.2) is 45.3 Å². The van der Waals surface area contributed by atoms with Crippen molar-refractivity contribution < 1.29 is 28.7 Å². The van der Waals surface area contributed by atoms with Crippen molar-refractivity contribution in [2.45, 2.75) is 12.8 Å². The number of nitrogens with one attached hydrogen (secondary N) is 1. The van der Waals surface area contributed by atoms with Crippen LogP contribution in [0.15, 0.2) is 30.3 Å². The predicted octanol–water partition coefficient (Wildman–Crippen LogP) is 3.86. The van der Waals surface area contributed by atoms with Crippen LogP contribution in [-0.2, 0) is 0 Å². The molecular weight excluding hydrogens is 416 g/mol. The van der Waals surface area contributed by atoms with E-state index in [1.807, 2.05) is 0 Å². The van der Waals surface area contributed by atoms with Gasteiger partial charge in [0.2, 0.25) is 11.5 Å². The maximum Gasteiger partial charge on any atom is 0.327 e. The Hall–Kier alpha value is -3.20. The number of amides is 1. The molecular formula is C20H23ClN2O7. The third-order valence-corrected chi connectivity index (χ3v) is 4.42. The van der Waals surface area contributed by atoms with E-state index < -0.39 is 16.5 Å². The molecule has 0 atom stereocenters. The van der Waals surface area contributed by atoms with Gasteiger partial charge < -0.3 is 24.3 Å². The molecule has 2 aromatic rings. The van der Waals surface area contributed by atoms with E-state index in [0.717, 1.165) is 0 Å². The largest absolute Gasteiger partial charge is 0.494 e. The van der Waals surface area contributed by atoms with E-state index in [9.17, 15) is 14.9 Å². The van der Waals surface area contributed by atoms with Gasteiger partial charge in [0.1, 0.15) is 11.3 Å². The summed E-state index contributed by atoms with van der Waals surface area (Å²) in [6, 6.07) is 8.28. The highest BCUT2D eigenvalue weighted by atomic mass is 35.5. The molecule has 0 fully saturated rings. The topological polar surface area (TPSA) is 109 Å². The van der Waals surface area contributed by atoms with Crippen LogP contribution in [0.5, 0.6) is 23.0 Å². The van der Waals surface area contributed by atoms with Crippen molar-refractivity contribution in [1.29, 1.82) is 0 Å². The molecule has 0 radical (unpaired) electrons.